The number of aliphatic hydroxyl groups is 1. The van der Waals surface area contributed by atoms with Crippen molar-refractivity contribution in [1.29, 1.82) is 0 Å². The summed E-state index contributed by atoms with van der Waals surface area (Å²) in [6.07, 6.45) is 0. The third kappa shape index (κ3) is 3.21. The van der Waals surface area contributed by atoms with Crippen molar-refractivity contribution in [3.63, 3.8) is 0 Å². The second-order valence-corrected chi connectivity index (χ2v) is 5.35. The molecule has 0 bridgehead atoms. The van der Waals surface area contributed by atoms with Gasteiger partial charge in [0.1, 0.15) is 11.4 Å². The second-order valence-electron chi connectivity index (χ2n) is 4.94. The summed E-state index contributed by atoms with van der Waals surface area (Å²) in [5.41, 5.74) is 1.92. The number of benzene rings is 1. The zero-order valence-electron chi connectivity index (χ0n) is 12.4. The van der Waals surface area contributed by atoms with E-state index in [0.717, 1.165) is 0 Å². The van der Waals surface area contributed by atoms with Crippen LogP contribution in [0.2, 0.25) is 5.02 Å². The summed E-state index contributed by atoms with van der Waals surface area (Å²) in [5.74, 6) is -0.765. The third-order valence-electron chi connectivity index (χ3n) is 3.30. The van der Waals surface area contributed by atoms with Gasteiger partial charge in [-0.25, -0.2) is 9.78 Å². The fourth-order valence-electron chi connectivity index (χ4n) is 2.29. The second kappa shape index (κ2) is 6.77. The zero-order chi connectivity index (χ0) is 16.3. The molecule has 1 heterocycles. The van der Waals surface area contributed by atoms with Crippen LogP contribution in [0.3, 0.4) is 0 Å². The number of aromatic nitrogens is 1. The molecule has 1 aromatic carbocycles. The standard InChI is InChI=1S/C16H17ClN2O3/c1-10-9-12(11-5-3-4-6-13(11)17)14(16(21)22)15(18-10)19(2)7-8-20/h3-6,9,20H,7-8H2,1-2H3,(H,21,22). The number of aromatic carboxylic acids is 1. The van der Waals surface area contributed by atoms with E-state index in [4.69, 9.17) is 16.7 Å². The minimum absolute atomic E-state index is 0.0784. The molecule has 0 radical (unpaired) electrons. The van der Waals surface area contributed by atoms with Crippen LogP contribution in [0.5, 0.6) is 0 Å². The number of nitrogens with zero attached hydrogens (tertiary/aromatic N) is 2. The van der Waals surface area contributed by atoms with Crippen LogP contribution in [0.15, 0.2) is 30.3 Å². The van der Waals surface area contributed by atoms with Gasteiger partial charge in [0.15, 0.2) is 0 Å². The molecule has 0 atom stereocenters. The van der Waals surface area contributed by atoms with Crippen molar-refractivity contribution >= 4 is 23.4 Å². The van der Waals surface area contributed by atoms with Crippen molar-refractivity contribution < 1.29 is 15.0 Å². The lowest BCUT2D eigenvalue weighted by Crippen LogP contribution is -2.25. The van der Waals surface area contributed by atoms with Crippen molar-refractivity contribution in [3.8, 4) is 11.1 Å². The lowest BCUT2D eigenvalue weighted by atomic mass is 9.99. The molecule has 0 aliphatic rings. The molecule has 1 aromatic heterocycles. The van der Waals surface area contributed by atoms with E-state index < -0.39 is 5.97 Å². The molecule has 6 heteroatoms. The molecule has 0 amide bonds. The molecule has 2 aromatic rings. The Morgan fingerprint density at radius 3 is 2.59 bits per heavy atom. The van der Waals surface area contributed by atoms with Gasteiger partial charge in [-0.05, 0) is 19.1 Å². The Kier molecular flexibility index (Phi) is 5.00. The first-order chi connectivity index (χ1) is 10.5. The molecule has 2 N–H and O–H groups in total. The SMILES string of the molecule is Cc1cc(-c2ccccc2Cl)c(C(=O)O)c(N(C)CCO)n1. The Labute approximate surface area is 133 Å². The summed E-state index contributed by atoms with van der Waals surface area (Å²) < 4.78 is 0. The number of hydrogen-bond acceptors (Lipinski definition) is 4. The normalized spacial score (nSPS) is 10.5. The Hall–Kier alpha value is -2.11. The number of carboxylic acid groups (broad SMARTS) is 1. The number of carboxylic acids is 1. The van der Waals surface area contributed by atoms with E-state index in [1.165, 1.54) is 0 Å². The molecule has 0 fully saturated rings. The largest absolute Gasteiger partial charge is 0.478 e. The topological polar surface area (TPSA) is 73.7 Å². The minimum atomic E-state index is -1.08. The predicted molar refractivity (Wildman–Crippen MR) is 86.7 cm³/mol. The average Bonchev–Trinajstić information content (AvgIpc) is 2.46. The van der Waals surface area contributed by atoms with Crippen LogP contribution in [-0.4, -0.2) is 41.4 Å². The number of aryl methyl sites for hydroxylation is 1. The average molecular weight is 321 g/mol. The van der Waals surface area contributed by atoms with Gasteiger partial charge in [0, 0.05) is 35.4 Å². The van der Waals surface area contributed by atoms with Gasteiger partial charge in [-0.3, -0.25) is 0 Å². The van der Waals surface area contributed by atoms with E-state index >= 15 is 0 Å². The minimum Gasteiger partial charge on any atom is -0.478 e. The highest BCUT2D eigenvalue weighted by molar-refractivity contribution is 6.33. The first-order valence-electron chi connectivity index (χ1n) is 6.77. The van der Waals surface area contributed by atoms with E-state index in [0.29, 0.717) is 34.2 Å². The molecule has 0 saturated carbocycles. The summed E-state index contributed by atoms with van der Waals surface area (Å²) >= 11 is 6.21. The van der Waals surface area contributed by atoms with Gasteiger partial charge in [0.2, 0.25) is 0 Å². The van der Waals surface area contributed by atoms with Crippen molar-refractivity contribution in [1.82, 2.24) is 4.98 Å². The highest BCUT2D eigenvalue weighted by atomic mass is 35.5. The lowest BCUT2D eigenvalue weighted by Gasteiger charge is -2.21. The van der Waals surface area contributed by atoms with Gasteiger partial charge < -0.3 is 15.1 Å². The Morgan fingerprint density at radius 1 is 1.32 bits per heavy atom. The van der Waals surface area contributed by atoms with Crippen LogP contribution in [0.4, 0.5) is 5.82 Å². The van der Waals surface area contributed by atoms with Crippen molar-refractivity contribution in [3.05, 3.63) is 46.6 Å². The van der Waals surface area contributed by atoms with Crippen LogP contribution >= 0.6 is 11.6 Å². The summed E-state index contributed by atoms with van der Waals surface area (Å²) in [7, 11) is 1.70. The molecule has 116 valence electrons. The number of anilines is 1. The maximum Gasteiger partial charge on any atom is 0.340 e. The molecule has 5 nitrogen and oxygen atoms in total. The van der Waals surface area contributed by atoms with Gasteiger partial charge in [-0.15, -0.1) is 0 Å². The van der Waals surface area contributed by atoms with Crippen molar-refractivity contribution in [2.45, 2.75) is 6.92 Å². The third-order valence-corrected chi connectivity index (χ3v) is 3.63. The lowest BCUT2D eigenvalue weighted by molar-refractivity contribution is 0.0698. The highest BCUT2D eigenvalue weighted by Gasteiger charge is 2.22. The van der Waals surface area contributed by atoms with Crippen LogP contribution in [0, 0.1) is 6.92 Å². The molecule has 0 unspecified atom stereocenters. The number of rotatable bonds is 5. The summed E-state index contributed by atoms with van der Waals surface area (Å²) in [4.78, 5) is 17.7. The number of pyridine rings is 1. The fourth-order valence-corrected chi connectivity index (χ4v) is 2.53. The maximum atomic E-state index is 11.8. The van der Waals surface area contributed by atoms with E-state index in [-0.39, 0.29) is 12.2 Å². The quantitative estimate of drug-likeness (QED) is 0.886. The van der Waals surface area contributed by atoms with E-state index in [1.54, 1.807) is 49.2 Å². The smallest absolute Gasteiger partial charge is 0.340 e. The number of hydrogen-bond donors (Lipinski definition) is 2. The van der Waals surface area contributed by atoms with Crippen LogP contribution in [0.25, 0.3) is 11.1 Å². The Morgan fingerprint density at radius 2 is 2.00 bits per heavy atom. The first-order valence-corrected chi connectivity index (χ1v) is 7.15. The van der Waals surface area contributed by atoms with Crippen molar-refractivity contribution in [2.24, 2.45) is 0 Å². The van der Waals surface area contributed by atoms with Crippen LogP contribution in [-0.2, 0) is 0 Å². The number of aliphatic hydroxyl groups excluding tert-OH is 1. The van der Waals surface area contributed by atoms with Gasteiger partial charge in [0.05, 0.1) is 6.61 Å². The monoisotopic (exact) mass is 320 g/mol. The zero-order valence-corrected chi connectivity index (χ0v) is 13.1. The van der Waals surface area contributed by atoms with Gasteiger partial charge >= 0.3 is 5.97 Å². The first kappa shape index (κ1) is 16.3. The molecule has 0 spiro atoms. The van der Waals surface area contributed by atoms with Gasteiger partial charge in [-0.1, -0.05) is 29.8 Å². The molecule has 0 aliphatic heterocycles. The Balaban J connectivity index is 2.73. The summed E-state index contributed by atoms with van der Waals surface area (Å²) in [6, 6.07) is 8.80. The molecular formula is C16H17ClN2O3. The molecule has 0 saturated heterocycles. The number of carbonyl (C=O) groups is 1. The number of likely N-dealkylation sites (N-methyl/N-ethyl adjacent to an activating group) is 1. The van der Waals surface area contributed by atoms with E-state index in [2.05, 4.69) is 4.98 Å². The Bertz CT molecular complexity index is 704. The van der Waals surface area contributed by atoms with Crippen LogP contribution in [0.1, 0.15) is 16.1 Å². The van der Waals surface area contributed by atoms with E-state index in [1.807, 2.05) is 0 Å². The maximum absolute atomic E-state index is 11.8. The van der Waals surface area contributed by atoms with Crippen LogP contribution < -0.4 is 4.90 Å². The fraction of sp³-hybridized carbons (Fsp3) is 0.250. The molecule has 22 heavy (non-hydrogen) atoms. The molecular weight excluding hydrogens is 304 g/mol. The predicted octanol–water partition coefficient (Wildman–Crippen LogP) is 2.84. The number of halogens is 1. The van der Waals surface area contributed by atoms with Gasteiger partial charge in [0.25, 0.3) is 0 Å². The summed E-state index contributed by atoms with van der Waals surface area (Å²) in [6.45, 7) is 1.99. The molecule has 0 aliphatic carbocycles. The van der Waals surface area contributed by atoms with E-state index in [9.17, 15) is 9.90 Å². The molecule has 2 rings (SSSR count). The highest BCUT2D eigenvalue weighted by Crippen LogP contribution is 2.34. The van der Waals surface area contributed by atoms with Crippen molar-refractivity contribution in [2.75, 3.05) is 25.1 Å². The summed E-state index contributed by atoms with van der Waals surface area (Å²) in [5, 5.41) is 19.2. The van der Waals surface area contributed by atoms with Gasteiger partial charge in [-0.2, -0.15) is 0 Å².